The molecule has 3 aliphatic rings. The number of allylic oxidation sites excluding steroid dienone is 5. The fraction of sp³-hybridized carbons (Fsp3) is 0.133. The number of halogens is 2. The number of rotatable bonds is 1. The summed E-state index contributed by atoms with van der Waals surface area (Å²) in [5, 5.41) is 5.61. The first-order chi connectivity index (χ1) is 15.3. The van der Waals surface area contributed by atoms with Crippen LogP contribution in [-0.2, 0) is 23.2 Å². The Morgan fingerprint density at radius 3 is 2.06 bits per heavy atom. The predicted octanol–water partition coefficient (Wildman–Crippen LogP) is 2.01. The summed E-state index contributed by atoms with van der Waals surface area (Å²) < 4.78 is 1.25. The van der Waals surface area contributed by atoms with Crippen molar-refractivity contribution in [3.05, 3.63) is 119 Å². The van der Waals surface area contributed by atoms with Gasteiger partial charge < -0.3 is 24.8 Å². The third kappa shape index (κ3) is 3.28. The normalized spacial score (nSPS) is 19.6. The zero-order chi connectivity index (χ0) is 20.5. The molecule has 2 aliphatic carbocycles. The molecule has 4 aromatic rings. The third-order valence-corrected chi connectivity index (χ3v) is 11.8. The maximum Gasteiger partial charge on any atom is -1.00 e. The summed E-state index contributed by atoms with van der Waals surface area (Å²) in [6, 6.07) is 27.4. The maximum atomic E-state index is 4.29. The van der Waals surface area contributed by atoms with Gasteiger partial charge in [-0.05, 0) is 0 Å². The second-order valence-electron chi connectivity index (χ2n) is 8.91. The summed E-state index contributed by atoms with van der Waals surface area (Å²) in [4.78, 5) is 0. The molecule has 0 nitrogen and oxygen atoms in total. The van der Waals surface area contributed by atoms with Crippen LogP contribution in [0.15, 0.2) is 97.1 Å². The Hall–Kier alpha value is -1.92. The van der Waals surface area contributed by atoms with Crippen LogP contribution in [0, 0.1) is 0 Å². The quantitative estimate of drug-likeness (QED) is 0.344. The van der Waals surface area contributed by atoms with Crippen molar-refractivity contribution < 1.29 is 48.0 Å². The second-order valence-corrected chi connectivity index (χ2v) is 12.7. The first kappa shape index (κ1) is 22.9. The van der Waals surface area contributed by atoms with Crippen LogP contribution in [0.4, 0.5) is 0 Å². The van der Waals surface area contributed by atoms with Crippen molar-refractivity contribution in [1.82, 2.24) is 0 Å². The molecule has 7 rings (SSSR count). The molecule has 0 radical (unpaired) electrons. The van der Waals surface area contributed by atoms with Gasteiger partial charge in [0.25, 0.3) is 0 Å². The topological polar surface area (TPSA) is 0 Å². The molecule has 0 N–H and O–H groups in total. The van der Waals surface area contributed by atoms with Crippen LogP contribution in [0.1, 0.15) is 42.3 Å². The van der Waals surface area contributed by atoms with Gasteiger partial charge in [0.05, 0.1) is 0 Å². The van der Waals surface area contributed by atoms with E-state index < -0.39 is 23.2 Å². The molecule has 0 amide bonds. The molecule has 2 unspecified atom stereocenters. The van der Waals surface area contributed by atoms with E-state index in [-0.39, 0.29) is 24.8 Å². The van der Waals surface area contributed by atoms with Crippen molar-refractivity contribution in [2.75, 3.05) is 0 Å². The molecule has 0 fully saturated rings. The Bertz CT molecular complexity index is 1490. The Labute approximate surface area is 218 Å². The molecular weight excluding hydrogens is 522 g/mol. The summed E-state index contributed by atoms with van der Waals surface area (Å²) in [6.45, 7) is 4.29. The van der Waals surface area contributed by atoms with Crippen LogP contribution in [-0.4, -0.2) is 0 Å². The average Bonchev–Trinajstić information content (AvgIpc) is 3.35. The minimum absolute atomic E-state index is 0. The molecule has 0 aromatic heterocycles. The second kappa shape index (κ2) is 8.70. The zero-order valence-corrected chi connectivity index (χ0v) is 22.1. The molecule has 4 bridgehead atoms. The Morgan fingerprint density at radius 2 is 1.36 bits per heavy atom. The molecule has 3 heteroatoms. The molecule has 0 spiro atoms. The average molecular weight is 545 g/mol. The minimum Gasteiger partial charge on any atom is -1.00 e. The number of benzene rings is 4. The summed E-state index contributed by atoms with van der Waals surface area (Å²) in [7, 11) is 0. The predicted molar refractivity (Wildman–Crippen MR) is 128 cm³/mol. The number of fused-ring (bicyclic) bond motifs is 12. The van der Waals surface area contributed by atoms with Crippen molar-refractivity contribution in [2.24, 2.45) is 0 Å². The monoisotopic (exact) mass is 542 g/mol. The third-order valence-electron chi connectivity index (χ3n) is 7.43. The van der Waals surface area contributed by atoms with E-state index in [1.165, 1.54) is 27.1 Å². The first-order valence-corrected chi connectivity index (χ1v) is 14.0. The first-order valence-electron chi connectivity index (χ1n) is 11.2. The smallest absolute Gasteiger partial charge is 1.00 e. The summed E-state index contributed by atoms with van der Waals surface area (Å²) in [5.41, 5.74) is 11.0. The largest absolute Gasteiger partial charge is 1.00 e. The van der Waals surface area contributed by atoms with Crippen LogP contribution in [0.25, 0.3) is 32.7 Å². The molecule has 1 aliphatic heterocycles. The Balaban J connectivity index is 0.00000114. The van der Waals surface area contributed by atoms with Gasteiger partial charge in [0, 0.05) is 0 Å². The summed E-state index contributed by atoms with van der Waals surface area (Å²) in [6.07, 6.45) is 7.09. The fourth-order valence-corrected chi connectivity index (χ4v) is 10.9. The van der Waals surface area contributed by atoms with Gasteiger partial charge in [0.1, 0.15) is 0 Å². The van der Waals surface area contributed by atoms with Crippen LogP contribution >= 0.6 is 0 Å². The summed E-state index contributed by atoms with van der Waals surface area (Å²) in [5.74, 6) is 0. The van der Waals surface area contributed by atoms with E-state index in [1.54, 1.807) is 33.4 Å². The number of hydrogen-bond donors (Lipinski definition) is 0. The summed E-state index contributed by atoms with van der Waals surface area (Å²) >= 11 is -0.832. The molecule has 2 atom stereocenters. The van der Waals surface area contributed by atoms with Crippen LogP contribution in [0.3, 0.4) is 0 Å². The number of hydrogen-bond acceptors (Lipinski definition) is 0. The van der Waals surface area contributed by atoms with Gasteiger partial charge in [-0.15, -0.1) is 0 Å². The van der Waals surface area contributed by atoms with E-state index in [9.17, 15) is 0 Å². The van der Waals surface area contributed by atoms with Crippen LogP contribution in [0.5, 0.6) is 0 Å². The molecule has 1 heterocycles. The van der Waals surface area contributed by atoms with E-state index >= 15 is 0 Å². The van der Waals surface area contributed by atoms with Crippen molar-refractivity contribution >= 4 is 32.7 Å². The Kier molecular flexibility index (Phi) is 6.02. The molecule has 160 valence electrons. The fourth-order valence-electron chi connectivity index (χ4n) is 6.11. The van der Waals surface area contributed by atoms with Gasteiger partial charge >= 0.3 is 195 Å². The SMILES string of the molecule is C=CC1=C2CCC3=C[CH]([Zr+2][CH]1c1ccc4ccccc4c12)c1ccc2ccccc2c13.[Cl-].[Cl-]. The van der Waals surface area contributed by atoms with Crippen molar-refractivity contribution in [1.29, 1.82) is 0 Å². The van der Waals surface area contributed by atoms with Crippen LogP contribution in [0.2, 0.25) is 0 Å². The standard InChI is InChI=1S/C30H22.2ClH.Zr/c1-2-20-19-25-16-12-22-8-4-6-10-27(22)30(25)28(20)18-17-24-15-14-23-13-11-21-7-3-5-9-26(21)29(23)24;;;/h2-16,19H,1,17-18H2;2*1H;/q;;;+2/p-2. The molecule has 0 saturated carbocycles. The van der Waals surface area contributed by atoms with Crippen molar-refractivity contribution in [2.45, 2.75) is 20.1 Å². The van der Waals surface area contributed by atoms with Crippen molar-refractivity contribution in [3.8, 4) is 0 Å². The van der Waals surface area contributed by atoms with Crippen molar-refractivity contribution in [3.63, 3.8) is 0 Å². The zero-order valence-electron chi connectivity index (χ0n) is 18.1. The van der Waals surface area contributed by atoms with Gasteiger partial charge in [-0.1, -0.05) is 0 Å². The van der Waals surface area contributed by atoms with E-state index in [4.69, 9.17) is 0 Å². The van der Waals surface area contributed by atoms with E-state index in [0.717, 1.165) is 12.8 Å². The van der Waals surface area contributed by atoms with Gasteiger partial charge in [0.15, 0.2) is 0 Å². The van der Waals surface area contributed by atoms with E-state index in [2.05, 4.69) is 91.5 Å². The molecule has 33 heavy (non-hydrogen) atoms. The van der Waals surface area contributed by atoms with Gasteiger partial charge in [0.2, 0.25) is 0 Å². The molecule has 0 saturated heterocycles. The Morgan fingerprint density at radius 1 is 0.727 bits per heavy atom. The molecular formula is C30H22Cl2Zr. The van der Waals surface area contributed by atoms with Gasteiger partial charge in [-0.25, -0.2) is 0 Å². The van der Waals surface area contributed by atoms with E-state index in [0.29, 0.717) is 7.25 Å². The van der Waals surface area contributed by atoms with Gasteiger partial charge in [-0.3, -0.25) is 0 Å². The van der Waals surface area contributed by atoms with E-state index in [1.807, 2.05) is 0 Å². The van der Waals surface area contributed by atoms with Gasteiger partial charge in [-0.2, -0.15) is 0 Å². The minimum atomic E-state index is -0.832. The maximum absolute atomic E-state index is 4.29. The molecule has 4 aromatic carbocycles. The van der Waals surface area contributed by atoms with Crippen LogP contribution < -0.4 is 24.8 Å².